The van der Waals surface area contributed by atoms with E-state index < -0.39 is 0 Å². The zero-order chi connectivity index (χ0) is 15.4. The molecular weight excluding hydrogens is 274 g/mol. The van der Waals surface area contributed by atoms with Gasteiger partial charge in [0, 0.05) is 18.5 Å². The SMILES string of the molecule is C#CCC1CC2CCCC(C1)N2C(=O)OCc1ccccc1. The molecule has 0 N–H and O–H groups in total. The highest BCUT2D eigenvalue weighted by atomic mass is 16.6. The fourth-order valence-corrected chi connectivity index (χ4v) is 3.92. The summed E-state index contributed by atoms with van der Waals surface area (Å²) < 4.78 is 5.55. The zero-order valence-corrected chi connectivity index (χ0v) is 12.9. The molecule has 1 amide bonds. The predicted molar refractivity (Wildman–Crippen MR) is 86.1 cm³/mol. The smallest absolute Gasteiger partial charge is 0.410 e. The second kappa shape index (κ2) is 6.87. The average molecular weight is 297 g/mol. The standard InChI is InChI=1S/C19H23NO2/c1-2-7-16-12-17-10-6-11-18(13-16)20(17)19(21)22-14-15-8-4-3-5-9-15/h1,3-5,8-9,16-18H,6-7,10-14H2. The monoisotopic (exact) mass is 297 g/mol. The van der Waals surface area contributed by atoms with Gasteiger partial charge >= 0.3 is 6.09 Å². The lowest BCUT2D eigenvalue weighted by Gasteiger charge is -2.47. The number of rotatable bonds is 3. The van der Waals surface area contributed by atoms with Crippen LogP contribution in [0.1, 0.15) is 44.1 Å². The summed E-state index contributed by atoms with van der Waals surface area (Å²) >= 11 is 0. The molecule has 0 aliphatic carbocycles. The van der Waals surface area contributed by atoms with Crippen molar-refractivity contribution in [2.45, 2.75) is 57.2 Å². The van der Waals surface area contributed by atoms with Crippen molar-refractivity contribution in [1.82, 2.24) is 4.90 Å². The zero-order valence-electron chi connectivity index (χ0n) is 12.9. The van der Waals surface area contributed by atoms with E-state index in [0.717, 1.165) is 37.7 Å². The van der Waals surface area contributed by atoms with Crippen LogP contribution in [-0.4, -0.2) is 23.1 Å². The molecule has 1 aromatic carbocycles. The first-order chi connectivity index (χ1) is 10.8. The van der Waals surface area contributed by atoms with E-state index in [4.69, 9.17) is 11.2 Å². The first-order valence-corrected chi connectivity index (χ1v) is 8.20. The first kappa shape index (κ1) is 15.0. The van der Waals surface area contributed by atoms with E-state index in [9.17, 15) is 4.79 Å². The van der Waals surface area contributed by atoms with Crippen LogP contribution in [0, 0.1) is 18.3 Å². The van der Waals surface area contributed by atoms with Gasteiger partial charge in [0.1, 0.15) is 6.61 Å². The second-order valence-corrected chi connectivity index (χ2v) is 6.43. The highest BCUT2D eigenvalue weighted by Crippen LogP contribution is 2.38. The molecule has 2 aliphatic heterocycles. The van der Waals surface area contributed by atoms with E-state index in [1.807, 2.05) is 35.2 Å². The Kier molecular flexibility index (Phi) is 4.68. The summed E-state index contributed by atoms with van der Waals surface area (Å²) in [4.78, 5) is 14.5. The summed E-state index contributed by atoms with van der Waals surface area (Å²) in [6.45, 7) is 0.351. The highest BCUT2D eigenvalue weighted by Gasteiger charge is 2.41. The lowest BCUT2D eigenvalue weighted by molar-refractivity contribution is 0.00399. The van der Waals surface area contributed by atoms with E-state index in [1.54, 1.807) is 0 Å². The van der Waals surface area contributed by atoms with Crippen molar-refractivity contribution < 1.29 is 9.53 Å². The summed E-state index contributed by atoms with van der Waals surface area (Å²) in [6.07, 6.45) is 11.6. The lowest BCUT2D eigenvalue weighted by atomic mass is 9.77. The molecule has 3 heteroatoms. The summed E-state index contributed by atoms with van der Waals surface area (Å²) in [6, 6.07) is 10.5. The molecule has 2 atom stereocenters. The van der Waals surface area contributed by atoms with Gasteiger partial charge in [-0.25, -0.2) is 4.79 Å². The van der Waals surface area contributed by atoms with Gasteiger partial charge in [0.05, 0.1) is 0 Å². The summed E-state index contributed by atoms with van der Waals surface area (Å²) in [7, 11) is 0. The number of ether oxygens (including phenoxy) is 1. The number of hydrogen-bond donors (Lipinski definition) is 0. The van der Waals surface area contributed by atoms with Crippen molar-refractivity contribution >= 4 is 6.09 Å². The first-order valence-electron chi connectivity index (χ1n) is 8.20. The topological polar surface area (TPSA) is 29.5 Å². The Labute approximate surface area is 132 Å². The van der Waals surface area contributed by atoms with Crippen LogP contribution in [-0.2, 0) is 11.3 Å². The molecule has 22 heavy (non-hydrogen) atoms. The van der Waals surface area contributed by atoms with Crippen molar-refractivity contribution in [1.29, 1.82) is 0 Å². The number of benzene rings is 1. The Morgan fingerprint density at radius 2 is 1.91 bits per heavy atom. The highest BCUT2D eigenvalue weighted by molar-refractivity contribution is 5.69. The maximum atomic E-state index is 12.5. The molecule has 2 unspecified atom stereocenters. The molecular formula is C19H23NO2. The van der Waals surface area contributed by atoms with Crippen LogP contribution >= 0.6 is 0 Å². The van der Waals surface area contributed by atoms with Gasteiger partial charge in [-0.2, -0.15) is 0 Å². The van der Waals surface area contributed by atoms with Gasteiger partial charge < -0.3 is 9.64 Å². The minimum Gasteiger partial charge on any atom is -0.445 e. The van der Waals surface area contributed by atoms with Crippen molar-refractivity contribution in [2.24, 2.45) is 5.92 Å². The van der Waals surface area contributed by atoms with E-state index in [-0.39, 0.29) is 6.09 Å². The van der Waals surface area contributed by atoms with E-state index in [0.29, 0.717) is 24.6 Å². The Bertz CT molecular complexity index is 534. The number of nitrogens with zero attached hydrogens (tertiary/aromatic N) is 1. The van der Waals surface area contributed by atoms with Crippen molar-refractivity contribution in [3.63, 3.8) is 0 Å². The minimum absolute atomic E-state index is 0.155. The predicted octanol–water partition coefficient (Wildman–Crippen LogP) is 3.98. The van der Waals surface area contributed by atoms with Crippen molar-refractivity contribution in [3.8, 4) is 12.3 Å². The second-order valence-electron chi connectivity index (χ2n) is 6.43. The Balaban J connectivity index is 1.61. The largest absolute Gasteiger partial charge is 0.445 e. The van der Waals surface area contributed by atoms with Crippen LogP contribution in [0.2, 0.25) is 0 Å². The molecule has 1 aromatic rings. The normalized spacial score (nSPS) is 27.0. The van der Waals surface area contributed by atoms with Gasteiger partial charge in [0.2, 0.25) is 0 Å². The number of piperidine rings is 2. The fourth-order valence-electron chi connectivity index (χ4n) is 3.92. The number of carbonyl (C=O) groups excluding carboxylic acids is 1. The quantitative estimate of drug-likeness (QED) is 0.790. The third kappa shape index (κ3) is 3.27. The number of amides is 1. The molecule has 116 valence electrons. The van der Waals surface area contributed by atoms with Gasteiger partial charge in [0.25, 0.3) is 0 Å². The number of fused-ring (bicyclic) bond motifs is 2. The molecule has 2 heterocycles. The van der Waals surface area contributed by atoms with Crippen molar-refractivity contribution in [2.75, 3.05) is 0 Å². The van der Waals surface area contributed by atoms with E-state index >= 15 is 0 Å². The van der Waals surface area contributed by atoms with Gasteiger partial charge in [-0.3, -0.25) is 0 Å². The summed E-state index contributed by atoms with van der Waals surface area (Å²) in [5.41, 5.74) is 1.03. The molecule has 0 saturated carbocycles. The molecule has 0 aromatic heterocycles. The van der Waals surface area contributed by atoms with Crippen LogP contribution in [0.5, 0.6) is 0 Å². The van der Waals surface area contributed by atoms with Crippen molar-refractivity contribution in [3.05, 3.63) is 35.9 Å². The molecule has 2 bridgehead atoms. The Morgan fingerprint density at radius 3 is 2.55 bits per heavy atom. The molecule has 2 fully saturated rings. The number of carbonyl (C=O) groups is 1. The summed E-state index contributed by atoms with van der Waals surface area (Å²) in [5.74, 6) is 3.35. The maximum absolute atomic E-state index is 12.5. The third-order valence-corrected chi connectivity index (χ3v) is 4.89. The molecule has 2 saturated heterocycles. The Hall–Kier alpha value is -1.95. The van der Waals surface area contributed by atoms with Gasteiger partial charge in [-0.15, -0.1) is 12.3 Å². The Morgan fingerprint density at radius 1 is 1.23 bits per heavy atom. The fraction of sp³-hybridized carbons (Fsp3) is 0.526. The van der Waals surface area contributed by atoms with Crippen LogP contribution in [0.15, 0.2) is 30.3 Å². The molecule has 2 aliphatic rings. The molecule has 3 nitrogen and oxygen atoms in total. The number of terminal acetylenes is 1. The number of hydrogen-bond acceptors (Lipinski definition) is 2. The lowest BCUT2D eigenvalue weighted by Crippen LogP contribution is -2.54. The third-order valence-electron chi connectivity index (χ3n) is 4.89. The van der Waals surface area contributed by atoms with Crippen LogP contribution in [0.3, 0.4) is 0 Å². The maximum Gasteiger partial charge on any atom is 0.410 e. The van der Waals surface area contributed by atoms with Crippen LogP contribution in [0.25, 0.3) is 0 Å². The van der Waals surface area contributed by atoms with Gasteiger partial charge in [-0.1, -0.05) is 30.3 Å². The molecule has 0 radical (unpaired) electrons. The minimum atomic E-state index is -0.155. The average Bonchev–Trinajstić information content (AvgIpc) is 2.53. The summed E-state index contributed by atoms with van der Waals surface area (Å²) in [5, 5.41) is 0. The van der Waals surface area contributed by atoms with Crippen LogP contribution in [0.4, 0.5) is 4.79 Å². The van der Waals surface area contributed by atoms with E-state index in [2.05, 4.69) is 5.92 Å². The van der Waals surface area contributed by atoms with Crippen LogP contribution < -0.4 is 0 Å². The van der Waals surface area contributed by atoms with E-state index in [1.165, 1.54) is 6.42 Å². The molecule has 3 rings (SSSR count). The van der Waals surface area contributed by atoms with Gasteiger partial charge in [-0.05, 0) is 43.6 Å². The van der Waals surface area contributed by atoms with Gasteiger partial charge in [0.15, 0.2) is 0 Å². The molecule has 0 spiro atoms.